The molecular weight excluding hydrogens is 242 g/mol. The van der Waals surface area contributed by atoms with Crippen molar-refractivity contribution in [1.29, 1.82) is 0 Å². The summed E-state index contributed by atoms with van der Waals surface area (Å²) in [5.74, 6) is 1.77. The fourth-order valence-corrected chi connectivity index (χ4v) is 1.66. The van der Waals surface area contributed by atoms with Crippen LogP contribution in [-0.4, -0.2) is 23.1 Å². The van der Waals surface area contributed by atoms with E-state index in [1.807, 2.05) is 13.0 Å². The Balaban J connectivity index is 2.94. The summed E-state index contributed by atoms with van der Waals surface area (Å²) >= 11 is 3.37. The van der Waals surface area contributed by atoms with Crippen molar-refractivity contribution in [2.75, 3.05) is 11.9 Å². The highest BCUT2D eigenvalue weighted by atomic mass is 79.9. The smallest absolute Gasteiger partial charge is 0.133 e. The van der Waals surface area contributed by atoms with E-state index in [0.717, 1.165) is 22.7 Å². The van der Waals surface area contributed by atoms with Crippen LogP contribution in [0.1, 0.15) is 26.1 Å². The summed E-state index contributed by atoms with van der Waals surface area (Å²) in [4.78, 5) is 10.7. The SMILES string of the molecule is CCC(C)N(C)c1cc(Br)nc(C)n1. The maximum Gasteiger partial charge on any atom is 0.133 e. The summed E-state index contributed by atoms with van der Waals surface area (Å²) in [6, 6.07) is 2.44. The number of halogens is 1. The number of hydrogen-bond donors (Lipinski definition) is 0. The van der Waals surface area contributed by atoms with Gasteiger partial charge >= 0.3 is 0 Å². The third-order valence-corrected chi connectivity index (χ3v) is 2.81. The second kappa shape index (κ2) is 4.73. The van der Waals surface area contributed by atoms with Crippen molar-refractivity contribution in [1.82, 2.24) is 9.97 Å². The Morgan fingerprint density at radius 1 is 1.50 bits per heavy atom. The average Bonchev–Trinajstić information content (AvgIpc) is 2.14. The lowest BCUT2D eigenvalue weighted by Gasteiger charge is -2.25. The van der Waals surface area contributed by atoms with Crippen LogP contribution in [0.5, 0.6) is 0 Å². The van der Waals surface area contributed by atoms with Crippen molar-refractivity contribution in [3.63, 3.8) is 0 Å². The number of aryl methyl sites for hydroxylation is 1. The summed E-state index contributed by atoms with van der Waals surface area (Å²) in [5.41, 5.74) is 0. The monoisotopic (exact) mass is 257 g/mol. The summed E-state index contributed by atoms with van der Waals surface area (Å²) < 4.78 is 0.843. The molecule has 78 valence electrons. The number of aromatic nitrogens is 2. The number of hydrogen-bond acceptors (Lipinski definition) is 3. The van der Waals surface area contributed by atoms with Gasteiger partial charge in [0.15, 0.2) is 0 Å². The molecule has 0 N–H and O–H groups in total. The first-order chi connectivity index (χ1) is 6.54. The predicted molar refractivity (Wildman–Crippen MR) is 62.6 cm³/mol. The molecule has 1 aromatic rings. The molecular formula is C10H16BrN3. The molecule has 0 spiro atoms. The predicted octanol–water partition coefficient (Wildman–Crippen LogP) is 2.78. The van der Waals surface area contributed by atoms with Crippen molar-refractivity contribution < 1.29 is 0 Å². The van der Waals surface area contributed by atoms with Gasteiger partial charge in [0.05, 0.1) is 0 Å². The zero-order valence-corrected chi connectivity index (χ0v) is 10.7. The molecule has 0 saturated heterocycles. The van der Waals surface area contributed by atoms with Gasteiger partial charge in [0.1, 0.15) is 16.2 Å². The highest BCUT2D eigenvalue weighted by molar-refractivity contribution is 9.10. The Kier molecular flexibility index (Phi) is 3.86. The minimum Gasteiger partial charge on any atom is -0.357 e. The van der Waals surface area contributed by atoms with Crippen molar-refractivity contribution in [3.8, 4) is 0 Å². The Bertz CT molecular complexity index is 294. The van der Waals surface area contributed by atoms with E-state index in [2.05, 4.69) is 51.7 Å². The van der Waals surface area contributed by atoms with Gasteiger partial charge in [0.2, 0.25) is 0 Å². The highest BCUT2D eigenvalue weighted by Gasteiger charge is 2.10. The Hall–Kier alpha value is -0.640. The summed E-state index contributed by atoms with van der Waals surface area (Å²) in [6.45, 7) is 6.26. The second-order valence-electron chi connectivity index (χ2n) is 3.46. The molecule has 0 fully saturated rings. The van der Waals surface area contributed by atoms with E-state index in [1.165, 1.54) is 0 Å². The van der Waals surface area contributed by atoms with Crippen molar-refractivity contribution >= 4 is 21.7 Å². The van der Waals surface area contributed by atoms with E-state index in [4.69, 9.17) is 0 Å². The van der Waals surface area contributed by atoms with Gasteiger partial charge in [0.25, 0.3) is 0 Å². The summed E-state index contributed by atoms with van der Waals surface area (Å²) in [5, 5.41) is 0. The molecule has 0 amide bonds. The molecule has 0 aliphatic heterocycles. The number of anilines is 1. The molecule has 1 rings (SSSR count). The Morgan fingerprint density at radius 2 is 2.14 bits per heavy atom. The van der Waals surface area contributed by atoms with Gasteiger partial charge < -0.3 is 4.90 Å². The third-order valence-electron chi connectivity index (χ3n) is 2.41. The van der Waals surface area contributed by atoms with Gasteiger partial charge in [-0.05, 0) is 36.2 Å². The molecule has 0 aliphatic rings. The molecule has 1 atom stereocenters. The first kappa shape index (κ1) is 11.4. The molecule has 14 heavy (non-hydrogen) atoms. The largest absolute Gasteiger partial charge is 0.357 e. The quantitative estimate of drug-likeness (QED) is 0.780. The molecule has 1 aromatic heterocycles. The minimum absolute atomic E-state index is 0.496. The summed E-state index contributed by atoms with van der Waals surface area (Å²) in [6.07, 6.45) is 1.11. The lowest BCUT2D eigenvalue weighted by atomic mass is 10.2. The van der Waals surface area contributed by atoms with Crippen molar-refractivity contribution in [2.24, 2.45) is 0 Å². The van der Waals surface area contributed by atoms with Gasteiger partial charge in [-0.2, -0.15) is 0 Å². The van der Waals surface area contributed by atoms with Gasteiger partial charge in [-0.1, -0.05) is 6.92 Å². The van der Waals surface area contributed by atoms with Gasteiger partial charge in [-0.25, -0.2) is 9.97 Å². The second-order valence-corrected chi connectivity index (χ2v) is 4.28. The highest BCUT2D eigenvalue weighted by Crippen LogP contribution is 2.17. The van der Waals surface area contributed by atoms with Crippen LogP contribution in [-0.2, 0) is 0 Å². The molecule has 3 nitrogen and oxygen atoms in total. The zero-order valence-electron chi connectivity index (χ0n) is 9.08. The molecule has 0 bridgehead atoms. The van der Waals surface area contributed by atoms with E-state index in [-0.39, 0.29) is 0 Å². The standard InChI is InChI=1S/C10H16BrN3/c1-5-7(2)14(4)10-6-9(11)12-8(3)13-10/h6-7H,5H2,1-4H3. The number of rotatable bonds is 3. The first-order valence-corrected chi connectivity index (χ1v) is 5.58. The maximum atomic E-state index is 4.39. The molecule has 0 saturated carbocycles. The van der Waals surface area contributed by atoms with Gasteiger partial charge in [-0.3, -0.25) is 0 Å². The van der Waals surface area contributed by atoms with Gasteiger partial charge in [-0.15, -0.1) is 0 Å². The molecule has 0 aliphatic carbocycles. The van der Waals surface area contributed by atoms with Crippen molar-refractivity contribution in [2.45, 2.75) is 33.2 Å². The lowest BCUT2D eigenvalue weighted by molar-refractivity contribution is 0.654. The molecule has 1 unspecified atom stereocenters. The van der Waals surface area contributed by atoms with Crippen LogP contribution in [0.2, 0.25) is 0 Å². The van der Waals surface area contributed by atoms with Crippen LogP contribution in [0.4, 0.5) is 5.82 Å². The van der Waals surface area contributed by atoms with E-state index in [9.17, 15) is 0 Å². The minimum atomic E-state index is 0.496. The topological polar surface area (TPSA) is 29.0 Å². The number of nitrogens with zero attached hydrogens (tertiary/aromatic N) is 3. The van der Waals surface area contributed by atoms with E-state index < -0.39 is 0 Å². The van der Waals surface area contributed by atoms with Gasteiger partial charge in [0, 0.05) is 19.2 Å². The summed E-state index contributed by atoms with van der Waals surface area (Å²) in [7, 11) is 2.06. The first-order valence-electron chi connectivity index (χ1n) is 4.78. The van der Waals surface area contributed by atoms with E-state index >= 15 is 0 Å². The molecule has 4 heteroatoms. The molecule has 0 radical (unpaired) electrons. The van der Waals surface area contributed by atoms with Crippen LogP contribution in [0.15, 0.2) is 10.7 Å². The zero-order chi connectivity index (χ0) is 10.7. The maximum absolute atomic E-state index is 4.39. The fourth-order valence-electron chi connectivity index (χ4n) is 1.20. The average molecular weight is 258 g/mol. The third kappa shape index (κ3) is 2.67. The molecule has 0 aromatic carbocycles. The van der Waals surface area contributed by atoms with E-state index in [0.29, 0.717) is 6.04 Å². The van der Waals surface area contributed by atoms with Crippen LogP contribution >= 0.6 is 15.9 Å². The van der Waals surface area contributed by atoms with E-state index in [1.54, 1.807) is 0 Å². The Labute approximate surface area is 93.7 Å². The molecule has 1 heterocycles. The van der Waals surface area contributed by atoms with Crippen LogP contribution in [0.3, 0.4) is 0 Å². The van der Waals surface area contributed by atoms with Crippen LogP contribution in [0.25, 0.3) is 0 Å². The normalized spacial score (nSPS) is 12.6. The lowest BCUT2D eigenvalue weighted by Crippen LogP contribution is -2.29. The fraction of sp³-hybridized carbons (Fsp3) is 0.600. The van der Waals surface area contributed by atoms with Crippen LogP contribution in [0, 0.1) is 6.92 Å². The van der Waals surface area contributed by atoms with Crippen LogP contribution < -0.4 is 4.90 Å². The Morgan fingerprint density at radius 3 is 2.64 bits per heavy atom. The van der Waals surface area contributed by atoms with Crippen molar-refractivity contribution in [3.05, 3.63) is 16.5 Å².